The van der Waals surface area contributed by atoms with E-state index < -0.39 is 0 Å². The molecule has 1 fully saturated rings. The van der Waals surface area contributed by atoms with Crippen LogP contribution in [-0.4, -0.2) is 51.2 Å². The van der Waals surface area contributed by atoms with Gasteiger partial charge in [-0.2, -0.15) is 5.10 Å². The zero-order chi connectivity index (χ0) is 14.8. The molecule has 3 aromatic rings. The summed E-state index contributed by atoms with van der Waals surface area (Å²) < 4.78 is 0. The van der Waals surface area contributed by atoms with Crippen LogP contribution in [0.15, 0.2) is 42.9 Å². The fourth-order valence-electron chi connectivity index (χ4n) is 3.02. The number of benzene rings is 1. The Kier molecular flexibility index (Phi) is 3.44. The highest BCUT2D eigenvalue weighted by atomic mass is 15.3. The lowest BCUT2D eigenvalue weighted by molar-refractivity contribution is 0.244. The zero-order valence-electron chi connectivity index (χ0n) is 12.3. The molecule has 0 saturated carbocycles. The Labute approximate surface area is 128 Å². The van der Waals surface area contributed by atoms with Crippen LogP contribution in [0.1, 0.15) is 5.82 Å². The average molecular weight is 294 g/mol. The largest absolute Gasteiger partial charge is 0.368 e. The molecule has 1 N–H and O–H groups in total. The second-order valence-corrected chi connectivity index (χ2v) is 5.54. The topological polar surface area (TPSA) is 60.9 Å². The normalized spacial score (nSPS) is 16.3. The number of nitrogens with one attached hydrogen (secondary N) is 1. The first kappa shape index (κ1) is 13.2. The van der Waals surface area contributed by atoms with E-state index in [1.54, 1.807) is 6.33 Å². The highest BCUT2D eigenvalue weighted by Crippen LogP contribution is 2.26. The summed E-state index contributed by atoms with van der Waals surface area (Å²) in [4.78, 5) is 13.5. The quantitative estimate of drug-likeness (QED) is 0.796. The van der Waals surface area contributed by atoms with Gasteiger partial charge in [-0.3, -0.25) is 15.0 Å². The van der Waals surface area contributed by atoms with Gasteiger partial charge in [0.1, 0.15) is 12.2 Å². The molecule has 0 aliphatic carbocycles. The van der Waals surface area contributed by atoms with E-state index >= 15 is 0 Å². The summed E-state index contributed by atoms with van der Waals surface area (Å²) in [5.74, 6) is 0.933. The number of piperazine rings is 1. The van der Waals surface area contributed by atoms with Crippen LogP contribution in [0, 0.1) is 0 Å². The van der Waals surface area contributed by atoms with Crippen molar-refractivity contribution in [1.82, 2.24) is 25.1 Å². The Bertz CT molecular complexity index is 741. The molecule has 22 heavy (non-hydrogen) atoms. The molecular weight excluding hydrogens is 276 g/mol. The van der Waals surface area contributed by atoms with Gasteiger partial charge in [-0.1, -0.05) is 18.2 Å². The Balaban J connectivity index is 1.49. The Morgan fingerprint density at radius 2 is 1.86 bits per heavy atom. The molecule has 1 aromatic carbocycles. The van der Waals surface area contributed by atoms with E-state index in [4.69, 9.17) is 0 Å². The van der Waals surface area contributed by atoms with Gasteiger partial charge >= 0.3 is 0 Å². The third kappa shape index (κ3) is 2.53. The van der Waals surface area contributed by atoms with Crippen LogP contribution in [-0.2, 0) is 6.54 Å². The number of hydrogen-bond acceptors (Lipinski definition) is 5. The van der Waals surface area contributed by atoms with E-state index in [2.05, 4.69) is 54.2 Å². The van der Waals surface area contributed by atoms with E-state index in [-0.39, 0.29) is 0 Å². The number of H-pyrrole nitrogens is 1. The van der Waals surface area contributed by atoms with E-state index in [0.29, 0.717) is 0 Å². The maximum absolute atomic E-state index is 4.45. The Morgan fingerprint density at radius 1 is 1.00 bits per heavy atom. The molecule has 0 unspecified atom stereocenters. The van der Waals surface area contributed by atoms with Crippen LogP contribution in [0.25, 0.3) is 10.9 Å². The maximum Gasteiger partial charge on any atom is 0.138 e. The van der Waals surface area contributed by atoms with Gasteiger partial charge in [0.05, 0.1) is 12.1 Å². The zero-order valence-corrected chi connectivity index (χ0v) is 12.3. The lowest BCUT2D eigenvalue weighted by atomic mass is 10.1. The van der Waals surface area contributed by atoms with Crippen molar-refractivity contribution in [2.75, 3.05) is 31.1 Å². The van der Waals surface area contributed by atoms with Crippen molar-refractivity contribution in [2.24, 2.45) is 0 Å². The monoisotopic (exact) mass is 294 g/mol. The van der Waals surface area contributed by atoms with Gasteiger partial charge in [0, 0.05) is 43.4 Å². The molecular formula is C16H18N6. The standard InChI is InChI=1S/C16H18N6/c1-2-4-14-13(3-1)15(5-6-17-14)22-9-7-21(8-10-22)11-16-18-12-19-20-16/h1-6,12H,7-11H2,(H,18,19,20). The predicted molar refractivity (Wildman–Crippen MR) is 85.6 cm³/mol. The van der Waals surface area contributed by atoms with Crippen molar-refractivity contribution in [2.45, 2.75) is 6.54 Å². The summed E-state index contributed by atoms with van der Waals surface area (Å²) in [5.41, 5.74) is 2.34. The van der Waals surface area contributed by atoms with E-state index in [1.165, 1.54) is 11.1 Å². The van der Waals surface area contributed by atoms with Gasteiger partial charge in [0.2, 0.25) is 0 Å². The van der Waals surface area contributed by atoms with E-state index in [9.17, 15) is 0 Å². The SMILES string of the molecule is c1ccc2c(N3CCN(Cc4ncn[nH]4)CC3)ccnc2c1. The number of anilines is 1. The minimum atomic E-state index is 0.838. The molecule has 1 aliphatic heterocycles. The molecule has 2 aromatic heterocycles. The number of aromatic nitrogens is 4. The molecule has 4 rings (SSSR count). The van der Waals surface area contributed by atoms with Crippen molar-refractivity contribution in [3.05, 3.63) is 48.7 Å². The average Bonchev–Trinajstić information content (AvgIpc) is 3.08. The molecule has 0 bridgehead atoms. The van der Waals surface area contributed by atoms with Gasteiger partial charge in [0.25, 0.3) is 0 Å². The van der Waals surface area contributed by atoms with E-state index in [1.807, 2.05) is 12.3 Å². The summed E-state index contributed by atoms with van der Waals surface area (Å²) >= 11 is 0. The van der Waals surface area contributed by atoms with Crippen molar-refractivity contribution in [3.63, 3.8) is 0 Å². The van der Waals surface area contributed by atoms with Crippen LogP contribution in [0.3, 0.4) is 0 Å². The van der Waals surface area contributed by atoms with Crippen molar-refractivity contribution < 1.29 is 0 Å². The number of aromatic amines is 1. The maximum atomic E-state index is 4.45. The fraction of sp³-hybridized carbons (Fsp3) is 0.312. The Morgan fingerprint density at radius 3 is 2.68 bits per heavy atom. The lowest BCUT2D eigenvalue weighted by Crippen LogP contribution is -2.46. The second kappa shape index (κ2) is 5.73. The van der Waals surface area contributed by atoms with Crippen LogP contribution >= 0.6 is 0 Å². The van der Waals surface area contributed by atoms with Gasteiger partial charge in [-0.15, -0.1) is 0 Å². The Hall–Kier alpha value is -2.47. The fourth-order valence-corrected chi connectivity index (χ4v) is 3.02. The van der Waals surface area contributed by atoms with Gasteiger partial charge in [0.15, 0.2) is 0 Å². The molecule has 1 aliphatic rings. The van der Waals surface area contributed by atoms with Gasteiger partial charge < -0.3 is 4.90 Å². The highest BCUT2D eigenvalue weighted by Gasteiger charge is 2.19. The summed E-state index contributed by atoms with van der Waals surface area (Å²) in [7, 11) is 0. The third-order valence-electron chi connectivity index (χ3n) is 4.18. The van der Waals surface area contributed by atoms with Crippen LogP contribution in [0.2, 0.25) is 0 Å². The van der Waals surface area contributed by atoms with Gasteiger partial charge in [-0.25, -0.2) is 4.98 Å². The summed E-state index contributed by atoms with van der Waals surface area (Å²) in [6.07, 6.45) is 3.47. The second-order valence-electron chi connectivity index (χ2n) is 5.54. The number of nitrogens with zero attached hydrogens (tertiary/aromatic N) is 5. The summed E-state index contributed by atoms with van der Waals surface area (Å²) in [6, 6.07) is 10.5. The first-order valence-corrected chi connectivity index (χ1v) is 7.55. The molecule has 0 atom stereocenters. The number of rotatable bonds is 3. The van der Waals surface area contributed by atoms with Crippen LogP contribution in [0.4, 0.5) is 5.69 Å². The third-order valence-corrected chi connectivity index (χ3v) is 4.18. The number of fused-ring (bicyclic) bond motifs is 1. The minimum absolute atomic E-state index is 0.838. The first-order valence-electron chi connectivity index (χ1n) is 7.55. The lowest BCUT2D eigenvalue weighted by Gasteiger charge is -2.36. The molecule has 0 radical (unpaired) electrons. The molecule has 6 heteroatoms. The first-order chi connectivity index (χ1) is 10.9. The summed E-state index contributed by atoms with van der Waals surface area (Å²) in [5, 5.41) is 8.06. The van der Waals surface area contributed by atoms with Crippen molar-refractivity contribution in [1.29, 1.82) is 0 Å². The van der Waals surface area contributed by atoms with Crippen molar-refractivity contribution >= 4 is 16.6 Å². The number of pyridine rings is 1. The number of hydrogen-bond donors (Lipinski definition) is 1. The van der Waals surface area contributed by atoms with Gasteiger partial charge in [-0.05, 0) is 12.1 Å². The van der Waals surface area contributed by atoms with E-state index in [0.717, 1.165) is 44.1 Å². The van der Waals surface area contributed by atoms with Crippen LogP contribution < -0.4 is 4.90 Å². The highest BCUT2D eigenvalue weighted by molar-refractivity contribution is 5.91. The van der Waals surface area contributed by atoms with Crippen LogP contribution in [0.5, 0.6) is 0 Å². The molecule has 3 heterocycles. The minimum Gasteiger partial charge on any atom is -0.368 e. The molecule has 1 saturated heterocycles. The molecule has 6 nitrogen and oxygen atoms in total. The predicted octanol–water partition coefficient (Wildman–Crippen LogP) is 1.68. The molecule has 0 spiro atoms. The summed E-state index contributed by atoms with van der Waals surface area (Å²) in [6.45, 7) is 4.92. The smallest absolute Gasteiger partial charge is 0.138 e. The van der Waals surface area contributed by atoms with Crippen molar-refractivity contribution in [3.8, 4) is 0 Å². The number of para-hydroxylation sites is 1. The molecule has 0 amide bonds. The molecule has 112 valence electrons.